The second kappa shape index (κ2) is 7.63. The Morgan fingerprint density at radius 3 is 2.58 bits per heavy atom. The molecule has 0 radical (unpaired) electrons. The third-order valence-electron chi connectivity index (χ3n) is 3.30. The van der Waals surface area contributed by atoms with Gasteiger partial charge in [0.05, 0.1) is 12.7 Å². The largest absolute Gasteiger partial charge is 0.507 e. The standard InChI is InChI=1S/C17H17F2NO4/c1-10-3-5-12(13(21)7-10)16(22)20-9-11-4-6-14(24-17(18)19)15(8-11)23-2/h3-8,17,21H,9H2,1-2H3,(H,20,22). The van der Waals surface area contributed by atoms with Crippen molar-refractivity contribution in [2.75, 3.05) is 7.11 Å². The van der Waals surface area contributed by atoms with Gasteiger partial charge in [-0.25, -0.2) is 0 Å². The zero-order chi connectivity index (χ0) is 17.7. The van der Waals surface area contributed by atoms with Crippen LogP contribution in [0, 0.1) is 6.92 Å². The van der Waals surface area contributed by atoms with E-state index in [1.165, 1.54) is 37.4 Å². The Labute approximate surface area is 137 Å². The molecule has 0 saturated carbocycles. The van der Waals surface area contributed by atoms with Crippen LogP contribution in [0.4, 0.5) is 8.78 Å². The molecule has 0 spiro atoms. The molecular weight excluding hydrogens is 320 g/mol. The quantitative estimate of drug-likeness (QED) is 0.849. The number of amides is 1. The number of phenols is 1. The van der Waals surface area contributed by atoms with E-state index in [4.69, 9.17) is 4.74 Å². The van der Waals surface area contributed by atoms with Crippen LogP contribution in [0.2, 0.25) is 0 Å². The predicted octanol–water partition coefficient (Wildman–Crippen LogP) is 3.24. The highest BCUT2D eigenvalue weighted by Gasteiger charge is 2.13. The van der Waals surface area contributed by atoms with Crippen LogP contribution in [0.3, 0.4) is 0 Å². The molecule has 0 fully saturated rings. The molecule has 2 aromatic rings. The summed E-state index contributed by atoms with van der Waals surface area (Å²) in [7, 11) is 1.33. The Morgan fingerprint density at radius 1 is 1.21 bits per heavy atom. The van der Waals surface area contributed by atoms with Crippen molar-refractivity contribution < 1.29 is 28.2 Å². The van der Waals surface area contributed by atoms with Gasteiger partial charge in [-0.05, 0) is 42.3 Å². The molecule has 0 aromatic heterocycles. The van der Waals surface area contributed by atoms with Crippen LogP contribution in [0.25, 0.3) is 0 Å². The lowest BCUT2D eigenvalue weighted by atomic mass is 10.1. The average Bonchev–Trinajstić information content (AvgIpc) is 2.53. The normalized spacial score (nSPS) is 10.5. The number of phenolic OH excluding ortho intramolecular Hbond substituents is 1. The van der Waals surface area contributed by atoms with Crippen molar-refractivity contribution in [1.82, 2.24) is 5.32 Å². The molecule has 2 rings (SSSR count). The molecule has 7 heteroatoms. The zero-order valence-electron chi connectivity index (χ0n) is 13.2. The summed E-state index contributed by atoms with van der Waals surface area (Å²) in [6, 6.07) is 9.11. The highest BCUT2D eigenvalue weighted by atomic mass is 19.3. The van der Waals surface area contributed by atoms with Gasteiger partial charge in [-0.15, -0.1) is 0 Å². The maximum absolute atomic E-state index is 12.3. The topological polar surface area (TPSA) is 67.8 Å². The summed E-state index contributed by atoms with van der Waals surface area (Å²) in [5.41, 5.74) is 1.63. The number of hydrogen-bond donors (Lipinski definition) is 2. The summed E-state index contributed by atoms with van der Waals surface area (Å²) >= 11 is 0. The third-order valence-corrected chi connectivity index (χ3v) is 3.30. The first kappa shape index (κ1) is 17.5. The lowest BCUT2D eigenvalue weighted by Gasteiger charge is -2.12. The Bertz CT molecular complexity index is 735. The van der Waals surface area contributed by atoms with E-state index in [0.29, 0.717) is 5.56 Å². The lowest BCUT2D eigenvalue weighted by molar-refractivity contribution is -0.0512. The maximum Gasteiger partial charge on any atom is 0.387 e. The van der Waals surface area contributed by atoms with Gasteiger partial charge in [0.2, 0.25) is 0 Å². The zero-order valence-corrected chi connectivity index (χ0v) is 13.2. The number of halogens is 2. The average molecular weight is 337 g/mol. The van der Waals surface area contributed by atoms with Crippen LogP contribution in [0.15, 0.2) is 36.4 Å². The van der Waals surface area contributed by atoms with E-state index in [1.54, 1.807) is 13.0 Å². The molecule has 128 valence electrons. The molecule has 2 aromatic carbocycles. The van der Waals surface area contributed by atoms with Gasteiger partial charge in [0.25, 0.3) is 5.91 Å². The highest BCUT2D eigenvalue weighted by molar-refractivity contribution is 5.96. The minimum Gasteiger partial charge on any atom is -0.507 e. The molecule has 1 amide bonds. The number of aryl methyl sites for hydroxylation is 1. The van der Waals surface area contributed by atoms with Gasteiger partial charge in [0.1, 0.15) is 5.75 Å². The van der Waals surface area contributed by atoms with E-state index >= 15 is 0 Å². The molecule has 0 unspecified atom stereocenters. The number of benzene rings is 2. The molecule has 0 aliphatic heterocycles. The monoisotopic (exact) mass is 337 g/mol. The fourth-order valence-electron chi connectivity index (χ4n) is 2.13. The SMILES string of the molecule is COc1cc(CNC(=O)c2ccc(C)cc2O)ccc1OC(F)F. The van der Waals surface area contributed by atoms with Crippen LogP contribution in [0.5, 0.6) is 17.2 Å². The number of nitrogens with one attached hydrogen (secondary N) is 1. The van der Waals surface area contributed by atoms with Crippen LogP contribution < -0.4 is 14.8 Å². The van der Waals surface area contributed by atoms with Gasteiger partial charge >= 0.3 is 6.61 Å². The number of alkyl halides is 2. The van der Waals surface area contributed by atoms with E-state index in [-0.39, 0.29) is 29.4 Å². The van der Waals surface area contributed by atoms with E-state index in [2.05, 4.69) is 10.1 Å². The van der Waals surface area contributed by atoms with E-state index < -0.39 is 12.5 Å². The Hall–Kier alpha value is -2.83. The van der Waals surface area contributed by atoms with Gasteiger partial charge in [-0.3, -0.25) is 4.79 Å². The molecule has 0 aliphatic rings. The Morgan fingerprint density at radius 2 is 1.96 bits per heavy atom. The van der Waals surface area contributed by atoms with Crippen molar-refractivity contribution in [1.29, 1.82) is 0 Å². The second-order valence-corrected chi connectivity index (χ2v) is 5.07. The van der Waals surface area contributed by atoms with Crippen molar-refractivity contribution in [2.24, 2.45) is 0 Å². The molecule has 0 heterocycles. The maximum atomic E-state index is 12.3. The van der Waals surface area contributed by atoms with Gasteiger partial charge in [-0.2, -0.15) is 8.78 Å². The lowest BCUT2D eigenvalue weighted by Crippen LogP contribution is -2.22. The fourth-order valence-corrected chi connectivity index (χ4v) is 2.13. The predicted molar refractivity (Wildman–Crippen MR) is 83.6 cm³/mol. The summed E-state index contributed by atoms with van der Waals surface area (Å²) in [5.74, 6) is -0.496. The molecule has 2 N–H and O–H groups in total. The van der Waals surface area contributed by atoms with Crippen molar-refractivity contribution in [3.63, 3.8) is 0 Å². The van der Waals surface area contributed by atoms with Crippen LogP contribution >= 0.6 is 0 Å². The molecular formula is C17H17F2NO4. The first-order valence-electron chi connectivity index (χ1n) is 7.10. The molecule has 24 heavy (non-hydrogen) atoms. The fraction of sp³-hybridized carbons (Fsp3) is 0.235. The summed E-state index contributed by atoms with van der Waals surface area (Å²) in [6.45, 7) is -1.01. The first-order valence-corrected chi connectivity index (χ1v) is 7.10. The number of carbonyl (C=O) groups excluding carboxylic acids is 1. The van der Waals surface area contributed by atoms with Crippen LogP contribution in [-0.2, 0) is 6.54 Å². The van der Waals surface area contributed by atoms with E-state index in [0.717, 1.165) is 5.56 Å². The van der Waals surface area contributed by atoms with Gasteiger partial charge < -0.3 is 19.9 Å². The summed E-state index contributed by atoms with van der Waals surface area (Å²) < 4.78 is 33.9. The van der Waals surface area contributed by atoms with Crippen molar-refractivity contribution in [3.05, 3.63) is 53.1 Å². The van der Waals surface area contributed by atoms with E-state index in [1.807, 2.05) is 0 Å². The Balaban J connectivity index is 2.07. The highest BCUT2D eigenvalue weighted by Crippen LogP contribution is 2.29. The number of methoxy groups -OCH3 is 1. The summed E-state index contributed by atoms with van der Waals surface area (Å²) in [5, 5.41) is 12.4. The van der Waals surface area contributed by atoms with E-state index in [9.17, 15) is 18.7 Å². The van der Waals surface area contributed by atoms with Gasteiger partial charge in [0, 0.05) is 6.54 Å². The van der Waals surface area contributed by atoms with Gasteiger partial charge in [-0.1, -0.05) is 12.1 Å². The number of aromatic hydroxyl groups is 1. The van der Waals surface area contributed by atoms with Crippen molar-refractivity contribution in [2.45, 2.75) is 20.1 Å². The molecule has 0 saturated heterocycles. The minimum atomic E-state index is -2.95. The third kappa shape index (κ3) is 4.34. The van der Waals surface area contributed by atoms with Crippen LogP contribution in [-0.4, -0.2) is 24.7 Å². The van der Waals surface area contributed by atoms with Gasteiger partial charge in [0.15, 0.2) is 11.5 Å². The molecule has 5 nitrogen and oxygen atoms in total. The number of carbonyl (C=O) groups is 1. The Kier molecular flexibility index (Phi) is 5.57. The minimum absolute atomic E-state index is 0.0845. The number of hydrogen-bond acceptors (Lipinski definition) is 4. The van der Waals surface area contributed by atoms with Crippen LogP contribution in [0.1, 0.15) is 21.5 Å². The summed E-state index contributed by atoms with van der Waals surface area (Å²) in [6.07, 6.45) is 0. The van der Waals surface area contributed by atoms with Crippen molar-refractivity contribution >= 4 is 5.91 Å². The summed E-state index contributed by atoms with van der Waals surface area (Å²) in [4.78, 5) is 12.1. The molecule has 0 aliphatic carbocycles. The molecule has 0 atom stereocenters. The van der Waals surface area contributed by atoms with Crippen molar-refractivity contribution in [3.8, 4) is 17.2 Å². The molecule has 0 bridgehead atoms. The smallest absolute Gasteiger partial charge is 0.387 e. The second-order valence-electron chi connectivity index (χ2n) is 5.07. The number of ether oxygens (including phenoxy) is 2. The number of rotatable bonds is 6. The first-order chi connectivity index (χ1) is 11.4.